The molecule has 1 aliphatic heterocycles. The van der Waals surface area contributed by atoms with Crippen LogP contribution in [0.4, 0.5) is 0 Å². The lowest BCUT2D eigenvalue weighted by Gasteiger charge is -2.29. The number of methoxy groups -OCH3 is 1. The number of thiophene rings is 1. The van der Waals surface area contributed by atoms with Crippen molar-refractivity contribution in [1.82, 2.24) is 4.90 Å². The molecule has 178 valence electrons. The van der Waals surface area contributed by atoms with Crippen LogP contribution in [0, 0.1) is 0 Å². The van der Waals surface area contributed by atoms with Crippen molar-refractivity contribution in [2.24, 2.45) is 0 Å². The van der Waals surface area contributed by atoms with Gasteiger partial charge in [0.25, 0.3) is 0 Å². The molecule has 1 amide bonds. The Kier molecular flexibility index (Phi) is 8.52. The van der Waals surface area contributed by atoms with Crippen molar-refractivity contribution in [3.8, 4) is 11.5 Å². The molecule has 1 aromatic heterocycles. The van der Waals surface area contributed by atoms with Crippen LogP contribution in [0.25, 0.3) is 0 Å². The number of ketones is 1. The third-order valence-corrected chi connectivity index (χ3v) is 6.81. The second-order valence-corrected chi connectivity index (χ2v) is 8.86. The molecule has 0 radical (unpaired) electrons. The van der Waals surface area contributed by atoms with E-state index in [1.165, 1.54) is 21.1 Å². The summed E-state index contributed by atoms with van der Waals surface area (Å²) >= 11 is 1.26. The van der Waals surface area contributed by atoms with E-state index in [0.717, 1.165) is 19.5 Å². The Hall–Kier alpha value is -2.84. The molecule has 0 aliphatic carbocycles. The van der Waals surface area contributed by atoms with Crippen LogP contribution in [0.2, 0.25) is 0 Å². The van der Waals surface area contributed by atoms with Crippen molar-refractivity contribution in [3.05, 3.63) is 57.5 Å². The lowest BCUT2D eigenvalue weighted by Crippen LogP contribution is -3.12. The molecule has 0 saturated carbocycles. The van der Waals surface area contributed by atoms with Gasteiger partial charge in [-0.2, -0.15) is 0 Å². The van der Waals surface area contributed by atoms with Crippen LogP contribution < -0.4 is 19.5 Å². The number of rotatable bonds is 12. The van der Waals surface area contributed by atoms with Gasteiger partial charge in [-0.15, -0.1) is 11.3 Å². The van der Waals surface area contributed by atoms with Crippen LogP contribution in [0.1, 0.15) is 48.5 Å². The van der Waals surface area contributed by atoms with E-state index in [0.29, 0.717) is 41.6 Å². The molecule has 8 heteroatoms. The number of hydrogen-bond acceptors (Lipinski definition) is 6. The smallest absolute Gasteiger partial charge is 0.240 e. The lowest BCUT2D eigenvalue weighted by atomic mass is 9.95. The summed E-state index contributed by atoms with van der Waals surface area (Å²) in [4.78, 5) is 29.7. The molecule has 0 fully saturated rings. The number of benzene rings is 1. The molecule has 2 heterocycles. The highest BCUT2D eigenvalue weighted by Crippen LogP contribution is 2.41. The third kappa shape index (κ3) is 5.23. The molecule has 0 saturated heterocycles. The Bertz CT molecular complexity index is 998. The minimum absolute atomic E-state index is 0.00118. The number of likely N-dealkylation sites (N-methyl/N-ethyl adjacent to an activating group) is 1. The highest BCUT2D eigenvalue weighted by molar-refractivity contribution is 7.12. The molecular weight excluding hydrogens is 440 g/mol. The highest BCUT2D eigenvalue weighted by Gasteiger charge is 2.40. The molecule has 1 unspecified atom stereocenters. The maximum absolute atomic E-state index is 13.3. The molecule has 3 rings (SSSR count). The molecule has 1 aliphatic rings. The fourth-order valence-electron chi connectivity index (χ4n) is 4.06. The van der Waals surface area contributed by atoms with Crippen LogP contribution in [-0.2, 0) is 4.79 Å². The summed E-state index contributed by atoms with van der Waals surface area (Å²) in [6.45, 7) is 9.64. The average Bonchev–Trinajstić information content (AvgIpc) is 3.46. The number of quaternary nitrogens is 1. The summed E-state index contributed by atoms with van der Waals surface area (Å²) < 4.78 is 11.3. The summed E-state index contributed by atoms with van der Waals surface area (Å²) in [6, 6.07) is 8.03. The predicted molar refractivity (Wildman–Crippen MR) is 126 cm³/mol. The second kappa shape index (κ2) is 11.3. The number of Topliss-reactive ketones (excluding diaryl/α,β-unsaturated/α-hetero) is 1. The van der Waals surface area contributed by atoms with Crippen LogP contribution in [-0.4, -0.2) is 56.5 Å². The maximum Gasteiger partial charge on any atom is 0.240 e. The van der Waals surface area contributed by atoms with Crippen LogP contribution in [0.3, 0.4) is 0 Å². The van der Waals surface area contributed by atoms with Gasteiger partial charge in [-0.05, 0) is 55.2 Å². The second-order valence-electron chi connectivity index (χ2n) is 7.92. The SMILES string of the molecule is CCCOc1ccc(C2C(C(=O)c3cccs3)=C([O-])C(=O)N2CC[NH+](CC)CC)cc1OC. The Morgan fingerprint density at radius 3 is 2.55 bits per heavy atom. The molecule has 0 spiro atoms. The molecule has 1 atom stereocenters. The fourth-order valence-corrected chi connectivity index (χ4v) is 4.73. The van der Waals surface area contributed by atoms with Crippen LogP contribution >= 0.6 is 11.3 Å². The molecule has 1 aromatic carbocycles. The van der Waals surface area contributed by atoms with Gasteiger partial charge < -0.3 is 24.4 Å². The number of hydrogen-bond donors (Lipinski definition) is 1. The van der Waals surface area contributed by atoms with E-state index in [1.54, 1.807) is 36.8 Å². The first-order valence-electron chi connectivity index (χ1n) is 11.4. The molecule has 7 nitrogen and oxygen atoms in total. The zero-order chi connectivity index (χ0) is 24.0. The van der Waals surface area contributed by atoms with Crippen LogP contribution in [0.5, 0.6) is 11.5 Å². The molecule has 1 N–H and O–H groups in total. The van der Waals surface area contributed by atoms with Gasteiger partial charge in [-0.3, -0.25) is 9.59 Å². The topological polar surface area (TPSA) is 83.3 Å². The summed E-state index contributed by atoms with van der Waals surface area (Å²) in [5.74, 6) is -0.653. The van der Waals surface area contributed by atoms with Gasteiger partial charge in [0.1, 0.15) is 0 Å². The van der Waals surface area contributed by atoms with Gasteiger partial charge in [0.2, 0.25) is 11.7 Å². The number of nitrogens with zero attached hydrogens (tertiary/aromatic N) is 1. The quantitative estimate of drug-likeness (QED) is 0.477. The van der Waals surface area contributed by atoms with Crippen molar-refractivity contribution < 1.29 is 29.1 Å². The zero-order valence-corrected chi connectivity index (χ0v) is 20.5. The maximum atomic E-state index is 13.3. The molecular formula is C25H32N2O5S. The van der Waals surface area contributed by atoms with E-state index in [4.69, 9.17) is 9.47 Å². The minimum atomic E-state index is -0.760. The first kappa shape index (κ1) is 24.8. The van der Waals surface area contributed by atoms with Gasteiger partial charge in [-0.25, -0.2) is 0 Å². The fraction of sp³-hybridized carbons (Fsp3) is 0.440. The monoisotopic (exact) mass is 472 g/mol. The van der Waals surface area contributed by atoms with Gasteiger partial charge in [0, 0.05) is 5.57 Å². The number of ether oxygens (including phenoxy) is 2. The predicted octanol–water partition coefficient (Wildman–Crippen LogP) is 1.85. The Labute approximate surface area is 199 Å². The largest absolute Gasteiger partial charge is 0.868 e. The molecule has 33 heavy (non-hydrogen) atoms. The third-order valence-electron chi connectivity index (χ3n) is 5.95. The Balaban J connectivity index is 2.04. The average molecular weight is 473 g/mol. The first-order valence-corrected chi connectivity index (χ1v) is 12.3. The van der Waals surface area contributed by atoms with Gasteiger partial charge in [-0.1, -0.05) is 19.1 Å². The van der Waals surface area contributed by atoms with Crippen molar-refractivity contribution in [1.29, 1.82) is 0 Å². The first-order chi connectivity index (χ1) is 16.0. The Morgan fingerprint density at radius 2 is 1.94 bits per heavy atom. The van der Waals surface area contributed by atoms with Crippen LogP contribution in [0.15, 0.2) is 47.0 Å². The molecule has 0 bridgehead atoms. The van der Waals surface area contributed by atoms with E-state index in [-0.39, 0.29) is 5.57 Å². The summed E-state index contributed by atoms with van der Waals surface area (Å²) in [5, 5.41) is 14.9. The standard InChI is InChI=1S/C25H32N2O5S/c1-5-14-32-18-11-10-17(16-19(18)31-4)22-21(23(28)20-9-8-15-33-20)24(29)25(30)27(22)13-12-26(6-2)7-3/h8-11,15-16,22,29H,5-7,12-14H2,1-4H3. The summed E-state index contributed by atoms with van der Waals surface area (Å²) in [6.07, 6.45) is 0.852. The number of carbonyl (C=O) groups excluding carboxylic acids is 2. The van der Waals surface area contributed by atoms with Gasteiger partial charge in [0.05, 0.1) is 50.8 Å². The van der Waals surface area contributed by atoms with Gasteiger partial charge in [0.15, 0.2) is 11.5 Å². The van der Waals surface area contributed by atoms with Crippen molar-refractivity contribution >= 4 is 23.0 Å². The van der Waals surface area contributed by atoms with E-state index >= 15 is 0 Å². The number of amides is 1. The Morgan fingerprint density at radius 1 is 1.18 bits per heavy atom. The number of nitrogens with one attached hydrogen (secondary N) is 1. The van der Waals surface area contributed by atoms with E-state index < -0.39 is 23.5 Å². The van der Waals surface area contributed by atoms with Crippen molar-refractivity contribution in [3.63, 3.8) is 0 Å². The van der Waals surface area contributed by atoms with Gasteiger partial charge >= 0.3 is 0 Å². The van der Waals surface area contributed by atoms with E-state index in [9.17, 15) is 14.7 Å². The minimum Gasteiger partial charge on any atom is -0.868 e. The normalized spacial score (nSPS) is 16.1. The number of carbonyl (C=O) groups is 2. The van der Waals surface area contributed by atoms with E-state index in [1.807, 2.05) is 13.0 Å². The van der Waals surface area contributed by atoms with E-state index in [2.05, 4.69) is 13.8 Å². The highest BCUT2D eigenvalue weighted by atomic mass is 32.1. The summed E-state index contributed by atoms with van der Waals surface area (Å²) in [5.41, 5.74) is 0.658. The van der Waals surface area contributed by atoms with Crippen molar-refractivity contribution in [2.75, 3.05) is 39.9 Å². The lowest BCUT2D eigenvalue weighted by molar-refractivity contribution is -0.895. The van der Waals surface area contributed by atoms with Crippen molar-refractivity contribution in [2.45, 2.75) is 33.2 Å². The molecule has 2 aromatic rings. The summed E-state index contributed by atoms with van der Waals surface area (Å²) in [7, 11) is 1.55. The zero-order valence-electron chi connectivity index (χ0n) is 19.7.